The van der Waals surface area contributed by atoms with Crippen LogP contribution in [0.4, 0.5) is 16.3 Å². The van der Waals surface area contributed by atoms with Crippen LogP contribution in [0.3, 0.4) is 0 Å². The zero-order valence-electron chi connectivity index (χ0n) is 19.1. The normalized spacial score (nSPS) is 15.5. The summed E-state index contributed by atoms with van der Waals surface area (Å²) in [6.45, 7) is 4.34. The lowest BCUT2D eigenvalue weighted by Crippen LogP contribution is -2.37. The molecule has 0 bridgehead atoms. The molecular weight excluding hydrogens is 434 g/mol. The lowest BCUT2D eigenvalue weighted by Gasteiger charge is -2.17. The highest BCUT2D eigenvalue weighted by molar-refractivity contribution is 6.01. The van der Waals surface area contributed by atoms with Gasteiger partial charge in [-0.05, 0) is 49.2 Å². The van der Waals surface area contributed by atoms with E-state index in [-0.39, 0.29) is 11.9 Å². The van der Waals surface area contributed by atoms with Crippen LogP contribution in [0.5, 0.6) is 5.75 Å². The highest BCUT2D eigenvalue weighted by Crippen LogP contribution is 2.26. The number of pyridine rings is 1. The van der Waals surface area contributed by atoms with Crippen LogP contribution >= 0.6 is 0 Å². The number of amides is 3. The maximum Gasteiger partial charge on any atom is 0.324 e. The van der Waals surface area contributed by atoms with Gasteiger partial charge < -0.3 is 15.4 Å². The molecule has 3 amide bonds. The molecule has 3 heterocycles. The first-order valence-electron chi connectivity index (χ1n) is 11.0. The molecule has 1 saturated heterocycles. The molecule has 10 nitrogen and oxygen atoms in total. The van der Waals surface area contributed by atoms with Gasteiger partial charge in [-0.1, -0.05) is 0 Å². The topological polar surface area (TPSA) is 121 Å². The van der Waals surface area contributed by atoms with E-state index in [2.05, 4.69) is 35.8 Å². The maximum atomic E-state index is 12.8. The monoisotopic (exact) mass is 461 g/mol. The molecule has 2 aromatic heterocycles. The molecule has 0 saturated carbocycles. The van der Waals surface area contributed by atoms with Gasteiger partial charge >= 0.3 is 6.03 Å². The van der Waals surface area contributed by atoms with Gasteiger partial charge in [0.2, 0.25) is 0 Å². The van der Waals surface area contributed by atoms with E-state index < -0.39 is 6.03 Å². The number of carbonyl (C=O) groups is 2. The van der Waals surface area contributed by atoms with Crippen molar-refractivity contribution in [1.82, 2.24) is 25.2 Å². The van der Waals surface area contributed by atoms with Crippen LogP contribution in [0.2, 0.25) is 0 Å². The number of hydrogen-bond donors (Lipinski definition) is 3. The largest absolute Gasteiger partial charge is 0.495 e. The van der Waals surface area contributed by atoms with Crippen LogP contribution in [-0.4, -0.2) is 58.0 Å². The second-order valence-electron chi connectivity index (χ2n) is 8.09. The Hall–Kier alpha value is -4.05. The molecule has 0 radical (unpaired) electrons. The van der Waals surface area contributed by atoms with Gasteiger partial charge in [0.1, 0.15) is 5.75 Å². The SMILES string of the molecule is COc1cc(C(=O)N[C@H]2CCN(Cc3ccncc3)C2)ccc1NC(=O)Nc1cnc(C)cn1. The van der Waals surface area contributed by atoms with Gasteiger partial charge in [-0.25, -0.2) is 9.78 Å². The van der Waals surface area contributed by atoms with E-state index in [1.165, 1.54) is 18.9 Å². The summed E-state index contributed by atoms with van der Waals surface area (Å²) in [5.41, 5.74) is 2.84. The van der Waals surface area contributed by atoms with Crippen molar-refractivity contribution in [2.75, 3.05) is 30.8 Å². The maximum absolute atomic E-state index is 12.8. The third-order valence-electron chi connectivity index (χ3n) is 5.50. The summed E-state index contributed by atoms with van der Waals surface area (Å²) in [5.74, 6) is 0.524. The molecule has 0 aliphatic carbocycles. The van der Waals surface area contributed by atoms with Gasteiger partial charge in [-0.2, -0.15) is 0 Å². The van der Waals surface area contributed by atoms with Crippen molar-refractivity contribution in [2.24, 2.45) is 0 Å². The average Bonchev–Trinajstić information content (AvgIpc) is 3.27. The van der Waals surface area contributed by atoms with Crippen molar-refractivity contribution in [2.45, 2.75) is 25.9 Å². The predicted molar refractivity (Wildman–Crippen MR) is 128 cm³/mol. The fraction of sp³-hybridized carbons (Fsp3) is 0.292. The number of urea groups is 1. The number of nitrogens with one attached hydrogen (secondary N) is 3. The van der Waals surface area contributed by atoms with Crippen molar-refractivity contribution in [3.63, 3.8) is 0 Å². The number of anilines is 2. The molecular formula is C24H27N7O3. The molecule has 1 aromatic carbocycles. The van der Waals surface area contributed by atoms with Gasteiger partial charge in [0, 0.05) is 43.6 Å². The van der Waals surface area contributed by atoms with Gasteiger partial charge in [-0.3, -0.25) is 25.0 Å². The smallest absolute Gasteiger partial charge is 0.324 e. The molecule has 1 atom stereocenters. The Morgan fingerprint density at radius 3 is 2.68 bits per heavy atom. The number of benzene rings is 1. The van der Waals surface area contributed by atoms with Crippen LogP contribution in [0.1, 0.15) is 28.0 Å². The Labute approximate surface area is 197 Å². The first kappa shape index (κ1) is 23.1. The van der Waals surface area contributed by atoms with Gasteiger partial charge in [0.25, 0.3) is 5.91 Å². The Morgan fingerprint density at radius 1 is 1.12 bits per heavy atom. The number of aromatic nitrogens is 3. The van der Waals surface area contributed by atoms with Gasteiger partial charge in [0.05, 0.1) is 30.9 Å². The fourth-order valence-corrected chi connectivity index (χ4v) is 3.77. The number of nitrogens with zero attached hydrogens (tertiary/aromatic N) is 4. The van der Waals surface area contributed by atoms with E-state index in [9.17, 15) is 9.59 Å². The van der Waals surface area contributed by atoms with E-state index >= 15 is 0 Å². The lowest BCUT2D eigenvalue weighted by atomic mass is 10.1. The third kappa shape index (κ3) is 6.04. The van der Waals surface area contributed by atoms with Crippen molar-refractivity contribution < 1.29 is 14.3 Å². The number of rotatable bonds is 7. The van der Waals surface area contributed by atoms with Crippen molar-refractivity contribution in [3.8, 4) is 5.75 Å². The molecule has 1 fully saturated rings. The Bertz CT molecular complexity index is 1140. The summed E-state index contributed by atoms with van der Waals surface area (Å²) < 4.78 is 5.39. The predicted octanol–water partition coefficient (Wildman–Crippen LogP) is 2.84. The molecule has 4 rings (SSSR count). The summed E-state index contributed by atoms with van der Waals surface area (Å²) in [7, 11) is 1.49. The van der Waals surface area contributed by atoms with Gasteiger partial charge in [-0.15, -0.1) is 0 Å². The summed E-state index contributed by atoms with van der Waals surface area (Å²) >= 11 is 0. The molecule has 0 spiro atoms. The first-order valence-corrected chi connectivity index (χ1v) is 11.0. The minimum atomic E-state index is -0.492. The molecule has 3 N–H and O–H groups in total. The Balaban J connectivity index is 1.33. The summed E-state index contributed by atoms with van der Waals surface area (Å²) in [4.78, 5) is 39.7. The zero-order chi connectivity index (χ0) is 23.9. The molecule has 3 aromatic rings. The molecule has 10 heteroatoms. The van der Waals surface area contributed by atoms with Crippen LogP contribution < -0.4 is 20.7 Å². The summed E-state index contributed by atoms with van der Waals surface area (Å²) in [5, 5.41) is 8.41. The number of hydrogen-bond acceptors (Lipinski definition) is 7. The molecule has 0 unspecified atom stereocenters. The van der Waals surface area contributed by atoms with Crippen LogP contribution in [0.15, 0.2) is 55.1 Å². The van der Waals surface area contributed by atoms with Crippen molar-refractivity contribution in [3.05, 3.63) is 71.9 Å². The van der Waals surface area contributed by atoms with Crippen LogP contribution in [-0.2, 0) is 6.54 Å². The minimum absolute atomic E-state index is 0.0690. The molecule has 176 valence electrons. The van der Waals surface area contributed by atoms with Crippen LogP contribution in [0, 0.1) is 6.92 Å². The van der Waals surface area contributed by atoms with E-state index in [1.54, 1.807) is 36.8 Å². The van der Waals surface area contributed by atoms with Crippen molar-refractivity contribution in [1.29, 1.82) is 0 Å². The van der Waals surface area contributed by atoms with Crippen molar-refractivity contribution >= 4 is 23.4 Å². The molecule has 1 aliphatic rings. The fourth-order valence-electron chi connectivity index (χ4n) is 3.77. The molecule has 1 aliphatic heterocycles. The Kier molecular flexibility index (Phi) is 7.28. The average molecular weight is 462 g/mol. The zero-order valence-corrected chi connectivity index (χ0v) is 19.1. The van der Waals surface area contributed by atoms with E-state index in [0.29, 0.717) is 22.8 Å². The Morgan fingerprint density at radius 2 is 1.94 bits per heavy atom. The quantitative estimate of drug-likeness (QED) is 0.495. The first-order chi connectivity index (χ1) is 16.5. The minimum Gasteiger partial charge on any atom is -0.495 e. The van der Waals surface area contributed by atoms with E-state index in [4.69, 9.17) is 4.74 Å². The second-order valence-corrected chi connectivity index (χ2v) is 8.09. The second kappa shape index (κ2) is 10.7. The number of aryl methyl sites for hydroxylation is 1. The highest BCUT2D eigenvalue weighted by atomic mass is 16.5. The number of carbonyl (C=O) groups excluding carboxylic acids is 2. The van der Waals surface area contributed by atoms with E-state index in [1.807, 2.05) is 19.1 Å². The number of methoxy groups -OCH3 is 1. The van der Waals surface area contributed by atoms with E-state index in [0.717, 1.165) is 31.7 Å². The highest BCUT2D eigenvalue weighted by Gasteiger charge is 2.24. The number of ether oxygens (including phenoxy) is 1. The lowest BCUT2D eigenvalue weighted by molar-refractivity contribution is 0.0937. The van der Waals surface area contributed by atoms with Gasteiger partial charge in [0.15, 0.2) is 5.82 Å². The summed E-state index contributed by atoms with van der Waals surface area (Å²) in [6.07, 6.45) is 7.50. The summed E-state index contributed by atoms with van der Waals surface area (Å²) in [6, 6.07) is 8.49. The van der Waals surface area contributed by atoms with Crippen LogP contribution in [0.25, 0.3) is 0 Å². The third-order valence-corrected chi connectivity index (χ3v) is 5.50. The number of likely N-dealkylation sites (tertiary alicyclic amines) is 1. The molecule has 34 heavy (non-hydrogen) atoms. The standard InChI is InChI=1S/C24H27N7O3/c1-16-12-27-22(13-26-16)30-24(33)29-20-4-3-18(11-21(20)34-2)23(32)28-19-7-10-31(15-19)14-17-5-8-25-9-6-17/h3-6,8-9,11-13,19H,7,10,14-15H2,1-2H3,(H,28,32)(H2,27,29,30,33)/t19-/m0/s1.